The third kappa shape index (κ3) is 6.76. The molecule has 0 aliphatic heterocycles. The van der Waals surface area contributed by atoms with Crippen LogP contribution in [0.25, 0.3) is 0 Å². The number of thioether (sulfide) groups is 1. The lowest BCUT2D eigenvalue weighted by molar-refractivity contribution is -0.139. The summed E-state index contributed by atoms with van der Waals surface area (Å²) >= 11 is 1.50. The highest BCUT2D eigenvalue weighted by Crippen LogP contribution is 2.22. The lowest BCUT2D eigenvalue weighted by Crippen LogP contribution is -2.51. The fourth-order valence-electron chi connectivity index (χ4n) is 3.96. The van der Waals surface area contributed by atoms with Crippen molar-refractivity contribution in [3.63, 3.8) is 0 Å². The van der Waals surface area contributed by atoms with Gasteiger partial charge in [-0.2, -0.15) is 0 Å². The average molecular weight is 441 g/mol. The van der Waals surface area contributed by atoms with Gasteiger partial charge >= 0.3 is 0 Å². The van der Waals surface area contributed by atoms with Crippen LogP contribution in [0.5, 0.6) is 5.75 Å². The van der Waals surface area contributed by atoms with Crippen LogP contribution in [-0.2, 0) is 16.1 Å². The molecule has 31 heavy (non-hydrogen) atoms. The van der Waals surface area contributed by atoms with Crippen LogP contribution in [0.2, 0.25) is 0 Å². The number of rotatable bonds is 10. The van der Waals surface area contributed by atoms with Crippen LogP contribution >= 0.6 is 11.8 Å². The standard InChI is InChI=1S/C25H32N2O3S/c1-3-23(25(29)26-20-9-7-8-10-20)27(17-19-13-15-21(30-2)16-14-19)24(28)18-31-22-11-5-4-6-12-22/h4-6,11-16,20,23H,3,7-10,17-18H2,1-2H3,(H,26,29). The minimum absolute atomic E-state index is 0.0295. The molecule has 0 radical (unpaired) electrons. The summed E-state index contributed by atoms with van der Waals surface area (Å²) in [7, 11) is 1.63. The van der Waals surface area contributed by atoms with Gasteiger partial charge in [-0.05, 0) is 49.1 Å². The predicted molar refractivity (Wildman–Crippen MR) is 125 cm³/mol. The van der Waals surface area contributed by atoms with E-state index in [9.17, 15) is 9.59 Å². The Bertz CT molecular complexity index is 836. The van der Waals surface area contributed by atoms with E-state index in [-0.39, 0.29) is 17.9 Å². The Kier molecular flexibility index (Phi) is 8.83. The van der Waals surface area contributed by atoms with Crippen LogP contribution in [0.1, 0.15) is 44.6 Å². The molecule has 0 spiro atoms. The highest BCUT2D eigenvalue weighted by Gasteiger charge is 2.30. The molecule has 1 unspecified atom stereocenters. The molecule has 0 saturated heterocycles. The van der Waals surface area contributed by atoms with Crippen molar-refractivity contribution in [1.29, 1.82) is 0 Å². The summed E-state index contributed by atoms with van der Waals surface area (Å²) in [4.78, 5) is 29.2. The second-order valence-corrected chi connectivity index (χ2v) is 8.93. The van der Waals surface area contributed by atoms with Crippen LogP contribution < -0.4 is 10.1 Å². The Morgan fingerprint density at radius 2 is 1.77 bits per heavy atom. The number of hydrogen-bond donors (Lipinski definition) is 1. The van der Waals surface area contributed by atoms with Gasteiger partial charge in [0.05, 0.1) is 12.9 Å². The van der Waals surface area contributed by atoms with Crippen LogP contribution in [0.4, 0.5) is 0 Å². The van der Waals surface area contributed by atoms with Gasteiger partial charge in [0.15, 0.2) is 0 Å². The Balaban J connectivity index is 1.74. The van der Waals surface area contributed by atoms with Gasteiger partial charge in [-0.1, -0.05) is 50.1 Å². The highest BCUT2D eigenvalue weighted by molar-refractivity contribution is 8.00. The smallest absolute Gasteiger partial charge is 0.243 e. The fourth-order valence-corrected chi connectivity index (χ4v) is 4.76. The van der Waals surface area contributed by atoms with Crippen molar-refractivity contribution in [2.45, 2.75) is 62.6 Å². The van der Waals surface area contributed by atoms with Gasteiger partial charge in [0.25, 0.3) is 0 Å². The zero-order valence-corrected chi connectivity index (χ0v) is 19.2. The van der Waals surface area contributed by atoms with Crippen LogP contribution in [-0.4, -0.2) is 41.7 Å². The molecule has 1 N–H and O–H groups in total. The number of nitrogens with zero attached hydrogens (tertiary/aromatic N) is 1. The molecule has 1 fully saturated rings. The van der Waals surface area contributed by atoms with E-state index in [0.717, 1.165) is 41.9 Å². The zero-order valence-electron chi connectivity index (χ0n) is 18.4. The zero-order chi connectivity index (χ0) is 22.1. The first-order valence-corrected chi connectivity index (χ1v) is 12.0. The van der Waals surface area contributed by atoms with Gasteiger partial charge in [0, 0.05) is 17.5 Å². The summed E-state index contributed by atoms with van der Waals surface area (Å²) in [6, 6.07) is 17.3. The molecule has 3 rings (SSSR count). The maximum atomic E-state index is 13.3. The van der Waals surface area contributed by atoms with Crippen LogP contribution in [0.15, 0.2) is 59.5 Å². The van der Waals surface area contributed by atoms with E-state index in [0.29, 0.717) is 18.7 Å². The predicted octanol–water partition coefficient (Wildman–Crippen LogP) is 4.65. The van der Waals surface area contributed by atoms with Crippen molar-refractivity contribution in [2.75, 3.05) is 12.9 Å². The largest absolute Gasteiger partial charge is 0.497 e. The quantitative estimate of drug-likeness (QED) is 0.546. The van der Waals surface area contributed by atoms with Crippen molar-refractivity contribution in [3.05, 3.63) is 60.2 Å². The summed E-state index contributed by atoms with van der Waals surface area (Å²) in [5.74, 6) is 0.999. The molecule has 0 aromatic heterocycles. The topological polar surface area (TPSA) is 58.6 Å². The van der Waals surface area contributed by atoms with E-state index >= 15 is 0 Å². The molecule has 2 amide bonds. The molecule has 2 aromatic carbocycles. The molecule has 2 aromatic rings. The van der Waals surface area contributed by atoms with Crippen LogP contribution in [0, 0.1) is 0 Å². The Morgan fingerprint density at radius 3 is 2.39 bits per heavy atom. The number of ether oxygens (including phenoxy) is 1. The van der Waals surface area contributed by atoms with Crippen molar-refractivity contribution >= 4 is 23.6 Å². The molecular formula is C25H32N2O3S. The third-order valence-electron chi connectivity index (χ3n) is 5.70. The number of carbonyl (C=O) groups is 2. The van der Waals surface area contributed by atoms with Gasteiger partial charge in [0.2, 0.25) is 11.8 Å². The normalized spacial score (nSPS) is 14.8. The Labute approximate surface area is 189 Å². The van der Waals surface area contributed by atoms with E-state index in [1.807, 2.05) is 61.5 Å². The first kappa shape index (κ1) is 23.2. The molecule has 6 heteroatoms. The minimum Gasteiger partial charge on any atom is -0.497 e. The van der Waals surface area contributed by atoms with Gasteiger partial charge in [-0.15, -0.1) is 11.8 Å². The first-order chi connectivity index (χ1) is 15.1. The summed E-state index contributed by atoms with van der Waals surface area (Å²) in [6.45, 7) is 2.37. The fraction of sp³-hybridized carbons (Fsp3) is 0.440. The summed E-state index contributed by atoms with van der Waals surface area (Å²) in [5, 5.41) is 3.18. The molecule has 5 nitrogen and oxygen atoms in total. The molecule has 0 bridgehead atoms. The van der Waals surface area contributed by atoms with Crippen molar-refractivity contribution in [2.24, 2.45) is 0 Å². The molecule has 0 heterocycles. The Hall–Kier alpha value is -2.47. The average Bonchev–Trinajstić information content (AvgIpc) is 3.31. The van der Waals surface area contributed by atoms with Gasteiger partial charge in [-0.25, -0.2) is 0 Å². The second-order valence-electron chi connectivity index (χ2n) is 7.89. The van der Waals surface area contributed by atoms with E-state index < -0.39 is 6.04 Å². The van der Waals surface area contributed by atoms with Crippen molar-refractivity contribution in [3.8, 4) is 5.75 Å². The maximum Gasteiger partial charge on any atom is 0.243 e. The molecule has 1 aliphatic carbocycles. The number of amides is 2. The van der Waals surface area contributed by atoms with Crippen molar-refractivity contribution in [1.82, 2.24) is 10.2 Å². The monoisotopic (exact) mass is 440 g/mol. The van der Waals surface area contributed by atoms with E-state index in [4.69, 9.17) is 4.74 Å². The summed E-state index contributed by atoms with van der Waals surface area (Å²) < 4.78 is 5.24. The first-order valence-electron chi connectivity index (χ1n) is 11.0. The van der Waals surface area contributed by atoms with E-state index in [2.05, 4.69) is 5.32 Å². The summed E-state index contributed by atoms with van der Waals surface area (Å²) in [5.41, 5.74) is 0.978. The highest BCUT2D eigenvalue weighted by atomic mass is 32.2. The number of hydrogen-bond acceptors (Lipinski definition) is 4. The summed E-state index contributed by atoms with van der Waals surface area (Å²) in [6.07, 6.45) is 4.95. The van der Waals surface area contributed by atoms with E-state index in [1.165, 1.54) is 11.8 Å². The molecule has 1 saturated carbocycles. The third-order valence-corrected chi connectivity index (χ3v) is 6.70. The molecule has 1 aliphatic rings. The minimum atomic E-state index is -0.480. The van der Waals surface area contributed by atoms with Gasteiger partial charge in [0.1, 0.15) is 11.8 Å². The number of nitrogens with one attached hydrogen (secondary N) is 1. The van der Waals surface area contributed by atoms with Crippen molar-refractivity contribution < 1.29 is 14.3 Å². The number of carbonyl (C=O) groups excluding carboxylic acids is 2. The van der Waals surface area contributed by atoms with E-state index in [1.54, 1.807) is 12.0 Å². The molecule has 166 valence electrons. The lowest BCUT2D eigenvalue weighted by Gasteiger charge is -2.31. The second kappa shape index (κ2) is 11.8. The SMILES string of the molecule is CCC(C(=O)NC1CCCC1)N(Cc1ccc(OC)cc1)C(=O)CSc1ccccc1. The van der Waals surface area contributed by atoms with Gasteiger partial charge < -0.3 is 15.0 Å². The molecule has 1 atom stereocenters. The maximum absolute atomic E-state index is 13.3. The number of methoxy groups -OCH3 is 1. The number of benzene rings is 2. The van der Waals surface area contributed by atoms with Crippen LogP contribution in [0.3, 0.4) is 0 Å². The Morgan fingerprint density at radius 1 is 1.10 bits per heavy atom. The lowest BCUT2D eigenvalue weighted by atomic mass is 10.1. The van der Waals surface area contributed by atoms with Gasteiger partial charge in [-0.3, -0.25) is 9.59 Å². The molecular weight excluding hydrogens is 408 g/mol.